The molecule has 0 aliphatic heterocycles. The smallest absolute Gasteiger partial charge is 0.338 e. The van der Waals surface area contributed by atoms with Gasteiger partial charge in [-0.1, -0.05) is 36.9 Å². The Balaban J connectivity index is 2.02. The molecule has 0 amide bonds. The Morgan fingerprint density at radius 3 is 2.24 bits per heavy atom. The third-order valence-corrected chi connectivity index (χ3v) is 7.29. The molecular weight excluding hydrogens is 424 g/mol. The van der Waals surface area contributed by atoms with E-state index in [-0.39, 0.29) is 16.5 Å². The van der Waals surface area contributed by atoms with E-state index in [4.69, 9.17) is 16.7 Å². The van der Waals surface area contributed by atoms with E-state index in [0.29, 0.717) is 17.9 Å². The number of nitrogens with zero attached hydrogens (tertiary/aromatic N) is 1. The van der Waals surface area contributed by atoms with Gasteiger partial charge in [0.05, 0.1) is 10.5 Å². The van der Waals surface area contributed by atoms with Crippen molar-refractivity contribution >= 4 is 27.6 Å². The van der Waals surface area contributed by atoms with Crippen LogP contribution in [0.5, 0.6) is 0 Å². The van der Waals surface area contributed by atoms with E-state index in [1.165, 1.54) is 28.6 Å². The quantitative estimate of drug-likeness (QED) is 0.693. The second-order valence-electron chi connectivity index (χ2n) is 7.00. The highest BCUT2D eigenvalue weighted by atomic mass is 35.5. The van der Waals surface area contributed by atoms with Crippen LogP contribution in [0.25, 0.3) is 0 Å². The van der Waals surface area contributed by atoms with Gasteiger partial charge in [0, 0.05) is 23.2 Å². The maximum Gasteiger partial charge on any atom is 0.338 e. The highest BCUT2D eigenvalue weighted by Gasteiger charge is 2.33. The van der Waals surface area contributed by atoms with E-state index in [1.807, 2.05) is 0 Å². The van der Waals surface area contributed by atoms with Crippen LogP contribution in [0.1, 0.15) is 48.0 Å². The van der Waals surface area contributed by atoms with Crippen LogP contribution in [0.15, 0.2) is 41.3 Å². The summed E-state index contributed by atoms with van der Waals surface area (Å²) in [6, 6.07) is 7.37. The Labute approximate surface area is 173 Å². The molecule has 0 aromatic heterocycles. The fourth-order valence-electron chi connectivity index (χ4n) is 3.57. The largest absolute Gasteiger partial charge is 0.478 e. The summed E-state index contributed by atoms with van der Waals surface area (Å²) >= 11 is 5.85. The van der Waals surface area contributed by atoms with Crippen molar-refractivity contribution in [3.05, 3.63) is 64.2 Å². The Morgan fingerprint density at radius 1 is 1.03 bits per heavy atom. The normalized spacial score (nSPS) is 15.6. The maximum absolute atomic E-state index is 14.5. The summed E-state index contributed by atoms with van der Waals surface area (Å²) in [6.45, 7) is -0.391. The van der Waals surface area contributed by atoms with Gasteiger partial charge in [0.15, 0.2) is 11.6 Å². The summed E-state index contributed by atoms with van der Waals surface area (Å²) in [5.74, 6) is -4.44. The first kappa shape index (κ1) is 21.7. The molecule has 0 bridgehead atoms. The molecule has 0 atom stereocenters. The van der Waals surface area contributed by atoms with Crippen LogP contribution in [0.2, 0.25) is 5.02 Å². The maximum atomic E-state index is 14.5. The van der Waals surface area contributed by atoms with Crippen molar-refractivity contribution in [1.82, 2.24) is 4.31 Å². The zero-order valence-corrected chi connectivity index (χ0v) is 17.0. The van der Waals surface area contributed by atoms with E-state index >= 15 is 0 Å². The lowest BCUT2D eigenvalue weighted by Crippen LogP contribution is -2.41. The van der Waals surface area contributed by atoms with Crippen LogP contribution in [0, 0.1) is 11.6 Å². The Bertz CT molecular complexity index is 1010. The number of carbonyl (C=O) groups is 1. The first-order chi connectivity index (χ1) is 13.7. The number of carboxylic acid groups (broad SMARTS) is 1. The number of benzene rings is 2. The zero-order chi connectivity index (χ0) is 21.2. The average Bonchev–Trinajstić information content (AvgIpc) is 2.69. The van der Waals surface area contributed by atoms with Crippen LogP contribution in [0.3, 0.4) is 0 Å². The molecule has 0 heterocycles. The topological polar surface area (TPSA) is 74.7 Å². The minimum absolute atomic E-state index is 0.00973. The number of aromatic carboxylic acids is 1. The molecule has 9 heteroatoms. The van der Waals surface area contributed by atoms with Gasteiger partial charge in [0.25, 0.3) is 0 Å². The van der Waals surface area contributed by atoms with Gasteiger partial charge in [-0.3, -0.25) is 0 Å². The van der Waals surface area contributed by atoms with Crippen molar-refractivity contribution in [1.29, 1.82) is 0 Å². The average molecular weight is 444 g/mol. The standard InChI is InChI=1S/C20H20ClF2NO4S/c21-14-7-9-16(10-8-14)29(27,28)24(15-4-2-1-3-5-15)12-13-6-11-17(20(25)26)19(23)18(13)22/h6-11,15H,1-5,12H2,(H,25,26). The van der Waals surface area contributed by atoms with E-state index in [2.05, 4.69) is 0 Å². The lowest BCUT2D eigenvalue weighted by Gasteiger charge is -2.33. The number of hydrogen-bond donors (Lipinski definition) is 1. The molecule has 0 unspecified atom stereocenters. The van der Waals surface area contributed by atoms with Crippen molar-refractivity contribution in [2.45, 2.75) is 49.6 Å². The SMILES string of the molecule is O=C(O)c1ccc(CN(C2CCCCC2)S(=O)(=O)c2ccc(Cl)cc2)c(F)c1F. The Hall–Kier alpha value is -2.03. The molecular formula is C20H20ClF2NO4S. The second-order valence-corrected chi connectivity index (χ2v) is 9.33. The summed E-state index contributed by atoms with van der Waals surface area (Å²) in [5.41, 5.74) is -1.01. The van der Waals surface area contributed by atoms with E-state index in [1.54, 1.807) is 0 Å². The van der Waals surface area contributed by atoms with Crippen LogP contribution in [-0.4, -0.2) is 29.8 Å². The van der Waals surface area contributed by atoms with Crippen molar-refractivity contribution in [2.24, 2.45) is 0 Å². The summed E-state index contributed by atoms with van der Waals surface area (Å²) in [4.78, 5) is 11.0. The first-order valence-corrected chi connectivity index (χ1v) is 11.0. The molecule has 0 spiro atoms. The van der Waals surface area contributed by atoms with Crippen LogP contribution < -0.4 is 0 Å². The highest BCUT2D eigenvalue weighted by Crippen LogP contribution is 2.31. The molecule has 156 valence electrons. The Kier molecular flexibility index (Phi) is 6.55. The molecule has 2 aromatic carbocycles. The van der Waals surface area contributed by atoms with Gasteiger partial charge in [0.2, 0.25) is 10.0 Å². The molecule has 1 fully saturated rings. The van der Waals surface area contributed by atoms with Gasteiger partial charge in [-0.2, -0.15) is 4.31 Å². The number of sulfonamides is 1. The van der Waals surface area contributed by atoms with E-state index < -0.39 is 39.7 Å². The first-order valence-electron chi connectivity index (χ1n) is 9.19. The molecule has 5 nitrogen and oxygen atoms in total. The minimum Gasteiger partial charge on any atom is -0.478 e. The summed E-state index contributed by atoms with van der Waals surface area (Å²) < 4.78 is 56.4. The van der Waals surface area contributed by atoms with Crippen molar-refractivity contribution in [3.63, 3.8) is 0 Å². The fourth-order valence-corrected chi connectivity index (χ4v) is 5.36. The summed E-state index contributed by atoms with van der Waals surface area (Å²) in [6.07, 6.45) is 3.90. The van der Waals surface area contributed by atoms with E-state index in [0.717, 1.165) is 31.4 Å². The van der Waals surface area contributed by atoms with Crippen molar-refractivity contribution < 1.29 is 27.1 Å². The van der Waals surface area contributed by atoms with Crippen molar-refractivity contribution in [3.8, 4) is 0 Å². The fraction of sp³-hybridized carbons (Fsp3) is 0.350. The van der Waals surface area contributed by atoms with Crippen LogP contribution in [-0.2, 0) is 16.6 Å². The predicted octanol–water partition coefficient (Wildman–Crippen LogP) is 4.84. The van der Waals surface area contributed by atoms with Gasteiger partial charge in [-0.15, -0.1) is 0 Å². The number of carboxylic acids is 1. The highest BCUT2D eigenvalue weighted by molar-refractivity contribution is 7.89. The number of halogens is 3. The molecule has 0 radical (unpaired) electrons. The molecule has 1 N–H and O–H groups in total. The molecule has 1 aliphatic carbocycles. The number of rotatable bonds is 6. The van der Waals surface area contributed by atoms with Gasteiger partial charge >= 0.3 is 5.97 Å². The van der Waals surface area contributed by atoms with Gasteiger partial charge in [0.1, 0.15) is 0 Å². The molecule has 0 saturated heterocycles. The molecule has 2 aromatic rings. The number of hydrogen-bond acceptors (Lipinski definition) is 3. The second kappa shape index (κ2) is 8.77. The van der Waals surface area contributed by atoms with Crippen molar-refractivity contribution in [2.75, 3.05) is 0 Å². The molecule has 1 aliphatic rings. The van der Waals surface area contributed by atoms with Crippen LogP contribution in [0.4, 0.5) is 8.78 Å². The van der Waals surface area contributed by atoms with Gasteiger partial charge in [-0.05, 0) is 43.2 Å². The lowest BCUT2D eigenvalue weighted by molar-refractivity contribution is 0.0690. The third kappa shape index (κ3) is 4.60. The minimum atomic E-state index is -4.00. The third-order valence-electron chi connectivity index (χ3n) is 5.12. The van der Waals surface area contributed by atoms with Gasteiger partial charge in [-0.25, -0.2) is 22.0 Å². The molecule has 3 rings (SSSR count). The van der Waals surface area contributed by atoms with Crippen LogP contribution >= 0.6 is 11.6 Å². The van der Waals surface area contributed by atoms with Gasteiger partial charge < -0.3 is 5.11 Å². The molecule has 29 heavy (non-hydrogen) atoms. The lowest BCUT2D eigenvalue weighted by atomic mass is 9.95. The Morgan fingerprint density at radius 2 is 1.66 bits per heavy atom. The molecule has 1 saturated carbocycles. The summed E-state index contributed by atoms with van der Waals surface area (Å²) in [7, 11) is -4.00. The van der Waals surface area contributed by atoms with E-state index in [9.17, 15) is 22.0 Å². The zero-order valence-electron chi connectivity index (χ0n) is 15.4. The summed E-state index contributed by atoms with van der Waals surface area (Å²) in [5, 5.41) is 9.32. The monoisotopic (exact) mass is 443 g/mol. The predicted molar refractivity (Wildman–Crippen MR) is 104 cm³/mol.